The van der Waals surface area contributed by atoms with Gasteiger partial charge in [0.2, 0.25) is 5.88 Å². The highest BCUT2D eigenvalue weighted by Gasteiger charge is 2.42. The Morgan fingerprint density at radius 1 is 0.972 bits per heavy atom. The summed E-state index contributed by atoms with van der Waals surface area (Å²) in [4.78, 5) is 17.1. The van der Waals surface area contributed by atoms with Gasteiger partial charge in [0.05, 0.1) is 36.6 Å². The van der Waals surface area contributed by atoms with Gasteiger partial charge in [-0.1, -0.05) is 12.1 Å². The summed E-state index contributed by atoms with van der Waals surface area (Å²) in [5.41, 5.74) is 3.49. The minimum absolute atomic E-state index is 0.0967. The van der Waals surface area contributed by atoms with Crippen molar-refractivity contribution in [2.45, 2.75) is 24.4 Å². The van der Waals surface area contributed by atoms with Gasteiger partial charge in [0.1, 0.15) is 0 Å². The zero-order valence-corrected chi connectivity index (χ0v) is 19.2. The Hall–Kier alpha value is -4.28. The first-order chi connectivity index (χ1) is 17.4. The van der Waals surface area contributed by atoms with Crippen molar-refractivity contribution in [1.29, 1.82) is 0 Å². The van der Waals surface area contributed by atoms with Crippen LogP contribution in [-0.4, -0.2) is 43.8 Å². The predicted molar refractivity (Wildman–Crippen MR) is 124 cm³/mol. The predicted octanol–water partition coefficient (Wildman–Crippen LogP) is 5.04. The van der Waals surface area contributed by atoms with E-state index in [-0.39, 0.29) is 23.2 Å². The lowest BCUT2D eigenvalue weighted by atomic mass is 10.0. The highest BCUT2D eigenvalue weighted by molar-refractivity contribution is 5.83. The number of hydrogen-bond acceptors (Lipinski definition) is 7. The van der Waals surface area contributed by atoms with Crippen LogP contribution < -0.4 is 9.47 Å². The Bertz CT molecular complexity index is 1620. The summed E-state index contributed by atoms with van der Waals surface area (Å²) in [6.45, 7) is 0. The van der Waals surface area contributed by atoms with Crippen molar-refractivity contribution < 1.29 is 22.6 Å². The standard InChI is InChI=1S/C25H19F3N6O2/c1-35-23-18(12-31-24(32-23)36-2)21-11-17(22-30-7-8-34(22)33-21)16-10-15(16)13-3-4-14-19(25(26,27)28)5-6-29-20(14)9-13/h3-9,11-12,15-16H,10H2,1-2H3. The summed E-state index contributed by atoms with van der Waals surface area (Å²) in [5.74, 6) is 0.564. The van der Waals surface area contributed by atoms with Crippen molar-refractivity contribution in [3.63, 3.8) is 0 Å². The fourth-order valence-electron chi connectivity index (χ4n) is 4.68. The molecule has 5 aromatic rings. The number of ether oxygens (including phenoxy) is 2. The number of hydrogen-bond donors (Lipinski definition) is 0. The van der Waals surface area contributed by atoms with Gasteiger partial charge in [-0.25, -0.2) is 14.5 Å². The summed E-state index contributed by atoms with van der Waals surface area (Å²) in [6.07, 6.45) is 2.62. The van der Waals surface area contributed by atoms with E-state index in [4.69, 9.17) is 9.47 Å². The second kappa shape index (κ2) is 8.14. The fourth-order valence-corrected chi connectivity index (χ4v) is 4.68. The smallest absolute Gasteiger partial charge is 0.417 e. The van der Waals surface area contributed by atoms with E-state index in [0.717, 1.165) is 29.3 Å². The number of aromatic nitrogens is 6. The fraction of sp³-hybridized carbons (Fsp3) is 0.240. The van der Waals surface area contributed by atoms with Gasteiger partial charge < -0.3 is 9.47 Å². The molecule has 6 rings (SSSR count). The van der Waals surface area contributed by atoms with Gasteiger partial charge in [-0.15, -0.1) is 0 Å². The minimum Gasteiger partial charge on any atom is -0.480 e. The second-order valence-corrected chi connectivity index (χ2v) is 8.54. The second-order valence-electron chi connectivity index (χ2n) is 8.54. The van der Waals surface area contributed by atoms with Crippen molar-refractivity contribution in [1.82, 2.24) is 29.5 Å². The number of rotatable bonds is 5. The molecule has 1 aromatic carbocycles. The van der Waals surface area contributed by atoms with Gasteiger partial charge in [0, 0.05) is 35.7 Å². The van der Waals surface area contributed by atoms with Crippen molar-refractivity contribution in [2.75, 3.05) is 14.2 Å². The molecule has 1 aliphatic carbocycles. The molecule has 2 atom stereocenters. The van der Waals surface area contributed by atoms with E-state index in [2.05, 4.69) is 25.0 Å². The van der Waals surface area contributed by atoms with Crippen molar-refractivity contribution >= 4 is 16.6 Å². The average molecular weight is 492 g/mol. The third-order valence-corrected chi connectivity index (χ3v) is 6.46. The van der Waals surface area contributed by atoms with Gasteiger partial charge in [-0.05, 0) is 42.0 Å². The Morgan fingerprint density at radius 2 is 1.83 bits per heavy atom. The van der Waals surface area contributed by atoms with Crippen LogP contribution in [0.15, 0.2) is 55.1 Å². The summed E-state index contributed by atoms with van der Waals surface area (Å²) >= 11 is 0. The molecule has 0 radical (unpaired) electrons. The van der Waals surface area contributed by atoms with Crippen LogP contribution in [0.2, 0.25) is 0 Å². The summed E-state index contributed by atoms with van der Waals surface area (Å²) < 4.78 is 52.4. The largest absolute Gasteiger partial charge is 0.480 e. The summed E-state index contributed by atoms with van der Waals surface area (Å²) in [7, 11) is 2.98. The first-order valence-electron chi connectivity index (χ1n) is 11.1. The molecule has 4 heterocycles. The van der Waals surface area contributed by atoms with Gasteiger partial charge >= 0.3 is 12.2 Å². The zero-order valence-electron chi connectivity index (χ0n) is 19.2. The number of benzene rings is 1. The maximum atomic E-state index is 13.4. The van der Waals surface area contributed by atoms with Crippen LogP contribution in [0.4, 0.5) is 13.2 Å². The molecule has 1 fully saturated rings. The molecule has 0 N–H and O–H groups in total. The molecular weight excluding hydrogens is 473 g/mol. The maximum absolute atomic E-state index is 13.4. The van der Waals surface area contributed by atoms with Crippen molar-refractivity contribution in [3.05, 3.63) is 71.8 Å². The van der Waals surface area contributed by atoms with Gasteiger partial charge in [-0.3, -0.25) is 4.98 Å². The molecule has 0 bridgehead atoms. The molecular formula is C25H19F3N6O2. The lowest BCUT2D eigenvalue weighted by molar-refractivity contribution is -0.136. The highest BCUT2D eigenvalue weighted by Crippen LogP contribution is 2.56. The van der Waals surface area contributed by atoms with Crippen molar-refractivity contribution in [3.8, 4) is 23.1 Å². The molecule has 8 nitrogen and oxygen atoms in total. The first-order valence-corrected chi connectivity index (χ1v) is 11.1. The zero-order chi connectivity index (χ0) is 25.0. The van der Waals surface area contributed by atoms with E-state index < -0.39 is 11.7 Å². The number of nitrogens with zero attached hydrogens (tertiary/aromatic N) is 6. The lowest BCUT2D eigenvalue weighted by Crippen LogP contribution is -2.06. The lowest BCUT2D eigenvalue weighted by Gasteiger charge is -2.12. The third-order valence-electron chi connectivity index (χ3n) is 6.46. The molecule has 0 aliphatic heterocycles. The number of imidazole rings is 1. The van der Waals surface area contributed by atoms with E-state index in [1.54, 1.807) is 35.2 Å². The van der Waals surface area contributed by atoms with E-state index in [0.29, 0.717) is 22.7 Å². The van der Waals surface area contributed by atoms with E-state index >= 15 is 0 Å². The van der Waals surface area contributed by atoms with E-state index in [1.807, 2.05) is 6.07 Å². The van der Waals surface area contributed by atoms with Crippen molar-refractivity contribution in [2.24, 2.45) is 0 Å². The molecule has 0 spiro atoms. The van der Waals surface area contributed by atoms with Crippen LogP contribution >= 0.6 is 0 Å². The molecule has 1 aliphatic rings. The van der Waals surface area contributed by atoms with Gasteiger partial charge in [0.15, 0.2) is 5.65 Å². The SMILES string of the molecule is COc1ncc(-c2cc(C3CC3c3ccc4c(C(F)(F)F)ccnc4c3)c3nccn3n2)c(OC)n1. The quantitative estimate of drug-likeness (QED) is 0.340. The Balaban J connectivity index is 1.39. The Labute approximate surface area is 202 Å². The van der Waals surface area contributed by atoms with Crippen LogP contribution in [0.25, 0.3) is 27.8 Å². The monoisotopic (exact) mass is 492 g/mol. The minimum atomic E-state index is -4.43. The number of methoxy groups -OCH3 is 2. The van der Waals surface area contributed by atoms with Crippen LogP contribution in [0, 0.1) is 0 Å². The Morgan fingerprint density at radius 3 is 2.61 bits per heavy atom. The van der Waals surface area contributed by atoms with Gasteiger partial charge in [-0.2, -0.15) is 23.3 Å². The summed E-state index contributed by atoms with van der Waals surface area (Å²) in [5, 5.41) is 4.75. The van der Waals surface area contributed by atoms with Crippen LogP contribution in [-0.2, 0) is 6.18 Å². The van der Waals surface area contributed by atoms with Gasteiger partial charge in [0.25, 0.3) is 0 Å². The normalized spacial score (nSPS) is 17.5. The molecule has 4 aromatic heterocycles. The first kappa shape index (κ1) is 22.2. The molecule has 182 valence electrons. The molecule has 2 unspecified atom stereocenters. The highest BCUT2D eigenvalue weighted by atomic mass is 19.4. The van der Waals surface area contributed by atoms with Crippen LogP contribution in [0.3, 0.4) is 0 Å². The number of pyridine rings is 1. The molecule has 0 amide bonds. The summed E-state index contributed by atoms with van der Waals surface area (Å²) in [6, 6.07) is 8.16. The third kappa shape index (κ3) is 3.67. The molecule has 1 saturated carbocycles. The maximum Gasteiger partial charge on any atom is 0.417 e. The number of halogens is 3. The van der Waals surface area contributed by atoms with E-state index in [9.17, 15) is 13.2 Å². The van der Waals surface area contributed by atoms with E-state index in [1.165, 1.54) is 26.5 Å². The van der Waals surface area contributed by atoms with Crippen LogP contribution in [0.5, 0.6) is 11.9 Å². The number of fused-ring (bicyclic) bond motifs is 2. The Kier molecular flexibility index (Phi) is 5.02. The molecule has 11 heteroatoms. The number of alkyl halides is 3. The average Bonchev–Trinajstić information content (AvgIpc) is 3.54. The molecule has 36 heavy (non-hydrogen) atoms. The molecule has 0 saturated heterocycles. The van der Waals surface area contributed by atoms with Crippen LogP contribution in [0.1, 0.15) is 34.9 Å². The topological polar surface area (TPSA) is 87.3 Å².